The summed E-state index contributed by atoms with van der Waals surface area (Å²) in [5.41, 5.74) is 0. The van der Waals surface area contributed by atoms with Crippen LogP contribution in [0.15, 0.2) is 0 Å². The van der Waals surface area contributed by atoms with E-state index >= 15 is 0 Å². The number of carbonyl (C=O) groups is 4. The van der Waals surface area contributed by atoms with Crippen molar-refractivity contribution in [3.63, 3.8) is 0 Å². The van der Waals surface area contributed by atoms with Gasteiger partial charge in [-0.05, 0) is 6.92 Å². The number of amides is 4. The average molecular weight is 1950 g/mol. The van der Waals surface area contributed by atoms with Crippen LogP contribution in [-0.4, -0.2) is 580 Å². The van der Waals surface area contributed by atoms with Gasteiger partial charge in [-0.25, -0.2) is 0 Å². The Labute approximate surface area is 752 Å². The number of rotatable bonds is 34. The molecule has 11 rings (SSSR count). The molecular formula is C74H124N4O55. The van der Waals surface area contributed by atoms with E-state index in [4.69, 9.17) is 99.5 Å². The van der Waals surface area contributed by atoms with Crippen LogP contribution in [0.4, 0.5) is 0 Å². The van der Waals surface area contributed by atoms with Gasteiger partial charge in [0, 0.05) is 27.7 Å². The minimum Gasteiger partial charge on any atom is -0.394 e. The van der Waals surface area contributed by atoms with E-state index in [0.29, 0.717) is 0 Å². The van der Waals surface area contributed by atoms with Crippen molar-refractivity contribution in [2.24, 2.45) is 0 Å². The van der Waals surface area contributed by atoms with Crippen LogP contribution in [0, 0.1) is 0 Å². The lowest BCUT2D eigenvalue weighted by Crippen LogP contribution is -2.71. The van der Waals surface area contributed by atoms with Gasteiger partial charge in [0.05, 0.1) is 72.2 Å². The van der Waals surface area contributed by atoms with Crippen LogP contribution in [0.3, 0.4) is 0 Å². The van der Waals surface area contributed by atoms with Crippen LogP contribution in [0.5, 0.6) is 0 Å². The Kier molecular flexibility index (Phi) is 39.1. The summed E-state index contributed by atoms with van der Waals surface area (Å²) in [5.74, 6) is -3.99. The number of carbonyl (C=O) groups excluding carboxylic acids is 4. The fourth-order valence-electron chi connectivity index (χ4n) is 17.3. The molecule has 1 unspecified atom stereocenters. The number of aliphatic hydroxyl groups is 30. The molecule has 59 nitrogen and oxygen atoms in total. The standard InChI is InChI=1S/C74H124N4O55/c1-16-35(91)44(100)50(106)69(115-16)129-59-28(13-86)123-68(34(78-20(5)90)61(59)131-72-53(109)47(103)38(94)23(8-81)120-72)133-63-41(97)30(125-74(55(63)111)128-58-25(10-83)116-64(112)49(105)48(58)104)15-114-66-32(76-18(3)88)43(99)57(27(12-85)122-66)127-73-54(110)62(132-67-33(77-19(4)89)60(39(95)24(9-82)117-67)130-71-52(108)46(102)37(93)22(7-80)119-71)40(96)29(124-73)14-113-65-31(75-17(2)87)42(98)56(26(11-84)121-65)126-70-51(107)45(101)36(92)21(6-79)118-70/h16,21-74,79-86,91-112H,6-15H2,1-5H3,(H,75,87)(H,76,88)(H,77,89)(H,78,90)/t16-,21+,22+,23+,24+,25+,26+,27+,28+,29+,30+,31+,32+,33+,34+,35+,36-,37-,38-,39+,40-,41-,42+,43+,44+,45-,46-,47-,48+,49+,50-,51+,52+,53+,54+,55+,56+,57+,58+,59+,60+,61+,62-,63-,64?,65+,66+,67-,68-,69-,70-,71-,72-,73-,74-/m0/s1. The van der Waals surface area contributed by atoms with E-state index in [-0.39, 0.29) is 0 Å². The molecule has 0 aromatic rings. The Morgan fingerprint density at radius 2 is 0.459 bits per heavy atom. The van der Waals surface area contributed by atoms with Gasteiger partial charge in [-0.15, -0.1) is 0 Å². The first-order valence-corrected chi connectivity index (χ1v) is 42.5. The van der Waals surface area contributed by atoms with Crippen molar-refractivity contribution < 1.29 is 272 Å². The average Bonchev–Trinajstić information content (AvgIpc) is 0.752. The monoisotopic (exact) mass is 1950 g/mol. The molecule has 133 heavy (non-hydrogen) atoms. The van der Waals surface area contributed by atoms with Gasteiger partial charge < -0.3 is 274 Å². The van der Waals surface area contributed by atoms with E-state index < -0.39 is 427 Å². The highest BCUT2D eigenvalue weighted by molar-refractivity contribution is 5.74. The predicted octanol–water partition coefficient (Wildman–Crippen LogP) is -23.4. The third-order valence-electron chi connectivity index (χ3n) is 24.5. The van der Waals surface area contributed by atoms with Crippen LogP contribution in [0.25, 0.3) is 0 Å². The molecule has 0 aromatic heterocycles. The summed E-state index contributed by atoms with van der Waals surface area (Å²) in [6.45, 7) is -6.41. The van der Waals surface area contributed by atoms with E-state index in [1.54, 1.807) is 0 Å². The largest absolute Gasteiger partial charge is 0.394 e. The molecule has 11 aliphatic rings. The Morgan fingerprint density at radius 3 is 0.827 bits per heavy atom. The summed E-state index contributed by atoms with van der Waals surface area (Å²) in [6, 6.07) is -7.98. The first-order chi connectivity index (χ1) is 62.9. The van der Waals surface area contributed by atoms with Gasteiger partial charge in [-0.3, -0.25) is 19.2 Å². The Balaban J connectivity index is 0.911. The maximum atomic E-state index is 13.5. The summed E-state index contributed by atoms with van der Waals surface area (Å²) >= 11 is 0. The lowest BCUT2D eigenvalue weighted by atomic mass is 9.93. The Bertz CT molecular complexity index is 3630. The number of nitrogens with one attached hydrogen (secondary N) is 4. The van der Waals surface area contributed by atoms with Gasteiger partial charge in [0.2, 0.25) is 23.6 Å². The molecule has 11 aliphatic heterocycles. The fourth-order valence-corrected chi connectivity index (χ4v) is 17.3. The molecular weight excluding hydrogens is 1820 g/mol. The van der Waals surface area contributed by atoms with Crippen LogP contribution in [-0.2, 0) is 119 Å². The smallest absolute Gasteiger partial charge is 0.217 e. The number of hydrogen-bond acceptors (Lipinski definition) is 55. The van der Waals surface area contributed by atoms with Crippen molar-refractivity contribution in [2.75, 3.05) is 66.1 Å². The van der Waals surface area contributed by atoms with Gasteiger partial charge in [-0.1, -0.05) is 0 Å². The molecule has 770 valence electrons. The van der Waals surface area contributed by atoms with Crippen LogP contribution < -0.4 is 21.3 Å². The molecule has 0 radical (unpaired) electrons. The molecule has 4 amide bonds. The molecule has 0 bridgehead atoms. The summed E-state index contributed by atoms with van der Waals surface area (Å²) in [4.78, 5) is 53.1. The maximum absolute atomic E-state index is 13.5. The zero-order valence-electron chi connectivity index (χ0n) is 71.4. The fraction of sp³-hybridized carbons (Fsp3) is 0.946. The second-order valence-corrected chi connectivity index (χ2v) is 33.8. The van der Waals surface area contributed by atoms with Gasteiger partial charge >= 0.3 is 0 Å². The number of hydrogen-bond donors (Lipinski definition) is 34. The normalized spacial score (nSPS) is 50.1. The SMILES string of the molecule is CC(=O)N[C@H]1[C@H](OC[C@H]2O[C@@H](O[C@H]3[C@H](O)[C@@H](NC(C)=O)[C@H](OC[C@H]4O[C@@H](O[C@H]5[C@H](O)[C@@H](O)C(O)O[C@@H]5CO)[C@H](O)[C@@H](O[C@@H]5O[C@H](CO)[C@@H](O[C@@H]6O[C@@H](C)[C@@H](O)[C@@H](O)[C@@H]6O)[C@H](O[C@@H]6O[C@H](CO)[C@H](O)[C@H](O)[C@H]6O)[C@H]5NC(C)=O)[C@H]4O)O[C@@H]3CO)[C@H](O)[C@@H](O[C@@H]3O[C@H](CO)[C@@H](O)[C@H](O[C@@H]4O[C@H](CO)[C@H](O)[C@H](O)[C@H]4O)[C@H]3NC(C)=O)[C@H]2O)O[C@H](CO)[C@@H](O[C@@H]2O[C@H](CO)[C@H](O)[C@H](O)[C@H]2O)[C@@H]1O. The van der Waals surface area contributed by atoms with E-state index in [1.807, 2.05) is 0 Å². The molecule has 34 N–H and O–H groups in total. The predicted molar refractivity (Wildman–Crippen MR) is 407 cm³/mol. The van der Waals surface area contributed by atoms with Crippen molar-refractivity contribution in [3.05, 3.63) is 0 Å². The molecule has 0 aliphatic carbocycles. The van der Waals surface area contributed by atoms with Crippen LogP contribution in [0.2, 0.25) is 0 Å². The molecule has 11 heterocycles. The Morgan fingerprint density at radius 1 is 0.211 bits per heavy atom. The van der Waals surface area contributed by atoms with E-state index in [2.05, 4.69) is 21.3 Å². The number of aliphatic hydroxyl groups excluding tert-OH is 30. The summed E-state index contributed by atoms with van der Waals surface area (Å²) in [6.07, 6.45) is -107. The third kappa shape index (κ3) is 24.1. The van der Waals surface area contributed by atoms with Gasteiger partial charge in [0.15, 0.2) is 69.2 Å². The first kappa shape index (κ1) is 109. The Hall–Kier alpha value is -4.16. The van der Waals surface area contributed by atoms with Crippen molar-refractivity contribution in [1.82, 2.24) is 21.3 Å². The zero-order chi connectivity index (χ0) is 97.8. The van der Waals surface area contributed by atoms with Crippen LogP contribution >= 0.6 is 0 Å². The topological polar surface area (TPSA) is 917 Å². The van der Waals surface area contributed by atoms with Crippen molar-refractivity contribution in [2.45, 2.75) is 372 Å². The van der Waals surface area contributed by atoms with Crippen LogP contribution in [0.1, 0.15) is 34.6 Å². The highest BCUT2D eigenvalue weighted by Gasteiger charge is 2.63. The number of ether oxygens (including phenoxy) is 21. The second-order valence-electron chi connectivity index (χ2n) is 33.8. The molecule has 59 heteroatoms. The minimum absolute atomic E-state index is 0.890. The van der Waals surface area contributed by atoms with Gasteiger partial charge in [-0.2, -0.15) is 0 Å². The minimum atomic E-state index is -2.57. The molecule has 0 spiro atoms. The van der Waals surface area contributed by atoms with Gasteiger partial charge in [0.25, 0.3) is 0 Å². The molecule has 0 saturated carbocycles. The van der Waals surface area contributed by atoms with Gasteiger partial charge in [0.1, 0.15) is 262 Å². The second kappa shape index (κ2) is 47.6. The molecule has 55 atom stereocenters. The zero-order valence-corrected chi connectivity index (χ0v) is 71.4. The van der Waals surface area contributed by atoms with Crippen molar-refractivity contribution in [3.8, 4) is 0 Å². The lowest BCUT2D eigenvalue weighted by molar-refractivity contribution is -0.393. The lowest BCUT2D eigenvalue weighted by Gasteiger charge is -2.52. The third-order valence-corrected chi connectivity index (χ3v) is 24.5. The highest BCUT2D eigenvalue weighted by atomic mass is 16.8. The summed E-state index contributed by atoms with van der Waals surface area (Å²) < 4.78 is 125. The van der Waals surface area contributed by atoms with E-state index in [9.17, 15) is 172 Å². The highest BCUT2D eigenvalue weighted by Crippen LogP contribution is 2.42. The molecule has 11 fully saturated rings. The van der Waals surface area contributed by atoms with Crippen molar-refractivity contribution >= 4 is 23.6 Å². The van der Waals surface area contributed by atoms with E-state index in [1.165, 1.54) is 6.92 Å². The van der Waals surface area contributed by atoms with E-state index in [0.717, 1.165) is 27.7 Å². The summed E-state index contributed by atoms with van der Waals surface area (Å²) in [7, 11) is 0. The molecule has 11 saturated heterocycles. The molecule has 0 aromatic carbocycles. The summed E-state index contributed by atoms with van der Waals surface area (Å²) in [5, 5.41) is 344. The van der Waals surface area contributed by atoms with Crippen molar-refractivity contribution in [1.29, 1.82) is 0 Å². The maximum Gasteiger partial charge on any atom is 0.217 e. The quantitative estimate of drug-likeness (QED) is 0.0284. The first-order valence-electron chi connectivity index (χ1n) is 42.5.